The highest BCUT2D eigenvalue weighted by Gasteiger charge is 2.17. The molecule has 132 valence electrons. The van der Waals surface area contributed by atoms with Gasteiger partial charge in [-0.2, -0.15) is 0 Å². The van der Waals surface area contributed by atoms with E-state index in [0.29, 0.717) is 22.8 Å². The number of nitrogens with one attached hydrogen (secondary N) is 2. The smallest absolute Gasteiger partial charge is 0.255 e. The fourth-order valence-corrected chi connectivity index (χ4v) is 2.97. The van der Waals surface area contributed by atoms with Gasteiger partial charge in [0.25, 0.3) is 5.91 Å². The summed E-state index contributed by atoms with van der Waals surface area (Å²) >= 11 is 0. The largest absolute Gasteiger partial charge is 0.493 e. The van der Waals surface area contributed by atoms with Crippen molar-refractivity contribution in [1.29, 1.82) is 0 Å². The van der Waals surface area contributed by atoms with Crippen LogP contribution in [0, 0.1) is 0 Å². The van der Waals surface area contributed by atoms with Crippen molar-refractivity contribution < 1.29 is 19.0 Å². The van der Waals surface area contributed by atoms with Crippen LogP contribution in [0.2, 0.25) is 0 Å². The lowest BCUT2D eigenvalue weighted by Gasteiger charge is -2.18. The first-order valence-corrected chi connectivity index (χ1v) is 8.10. The summed E-state index contributed by atoms with van der Waals surface area (Å²) < 4.78 is 15.9. The lowest BCUT2D eigenvalue weighted by Crippen LogP contribution is -2.23. The highest BCUT2D eigenvalue weighted by Crippen LogP contribution is 2.38. The molecule has 2 aromatic rings. The van der Waals surface area contributed by atoms with Gasteiger partial charge in [0.1, 0.15) is 0 Å². The summed E-state index contributed by atoms with van der Waals surface area (Å²) in [5.74, 6) is 1.12. The van der Waals surface area contributed by atoms with Crippen molar-refractivity contribution in [2.24, 2.45) is 0 Å². The third kappa shape index (κ3) is 3.53. The molecular weight excluding hydrogens is 320 g/mol. The van der Waals surface area contributed by atoms with E-state index < -0.39 is 0 Å². The van der Waals surface area contributed by atoms with Crippen molar-refractivity contribution in [3.05, 3.63) is 47.0 Å². The number of anilines is 1. The third-order valence-electron chi connectivity index (χ3n) is 4.28. The number of methoxy groups -OCH3 is 3. The average Bonchev–Trinajstić information content (AvgIpc) is 2.66. The Morgan fingerprint density at radius 2 is 1.72 bits per heavy atom. The zero-order valence-corrected chi connectivity index (χ0v) is 14.6. The molecule has 0 unspecified atom stereocenters. The van der Waals surface area contributed by atoms with Gasteiger partial charge in [-0.3, -0.25) is 4.79 Å². The number of fused-ring (bicyclic) bond motifs is 1. The lowest BCUT2D eigenvalue weighted by molar-refractivity contribution is 0.102. The number of rotatable bonds is 5. The normalized spacial score (nSPS) is 12.9. The standard InChI is InChI=1S/C19H22N2O4/c1-23-16-9-13(10-17(24-2)18(16)25-3)19(22)21-15-5-4-12-6-7-20-11-14(12)8-15/h4-5,8-10,20H,6-7,11H2,1-3H3,(H,21,22). The maximum atomic E-state index is 12.6. The van der Waals surface area contributed by atoms with E-state index in [1.54, 1.807) is 12.1 Å². The predicted molar refractivity (Wildman–Crippen MR) is 95.9 cm³/mol. The van der Waals surface area contributed by atoms with Crippen LogP contribution >= 0.6 is 0 Å². The van der Waals surface area contributed by atoms with Gasteiger partial charge in [-0.25, -0.2) is 0 Å². The molecule has 0 fully saturated rings. The first-order valence-electron chi connectivity index (χ1n) is 8.10. The molecule has 1 aliphatic heterocycles. The Morgan fingerprint density at radius 1 is 1.00 bits per heavy atom. The maximum Gasteiger partial charge on any atom is 0.255 e. The van der Waals surface area contributed by atoms with E-state index >= 15 is 0 Å². The highest BCUT2D eigenvalue weighted by molar-refractivity contribution is 6.05. The van der Waals surface area contributed by atoms with Gasteiger partial charge >= 0.3 is 0 Å². The minimum absolute atomic E-state index is 0.233. The number of carbonyl (C=O) groups is 1. The molecule has 0 atom stereocenters. The fraction of sp³-hybridized carbons (Fsp3) is 0.316. The zero-order chi connectivity index (χ0) is 17.8. The number of amides is 1. The van der Waals surface area contributed by atoms with Crippen molar-refractivity contribution in [2.45, 2.75) is 13.0 Å². The van der Waals surface area contributed by atoms with Crippen LogP contribution in [0.4, 0.5) is 5.69 Å². The molecule has 1 amide bonds. The predicted octanol–water partition coefficient (Wildman–Crippen LogP) is 2.61. The molecule has 0 saturated heterocycles. The quantitative estimate of drug-likeness (QED) is 0.874. The molecule has 1 aliphatic rings. The van der Waals surface area contributed by atoms with E-state index in [0.717, 1.165) is 25.2 Å². The van der Waals surface area contributed by atoms with Crippen LogP contribution < -0.4 is 24.8 Å². The van der Waals surface area contributed by atoms with Crippen molar-refractivity contribution in [2.75, 3.05) is 33.2 Å². The van der Waals surface area contributed by atoms with E-state index in [1.807, 2.05) is 12.1 Å². The summed E-state index contributed by atoms with van der Waals surface area (Å²) in [6.45, 7) is 1.81. The van der Waals surface area contributed by atoms with Crippen LogP contribution in [-0.2, 0) is 13.0 Å². The van der Waals surface area contributed by atoms with Gasteiger partial charge in [-0.05, 0) is 48.4 Å². The molecule has 0 spiro atoms. The fourth-order valence-electron chi connectivity index (χ4n) is 2.97. The molecule has 3 rings (SSSR count). The second-order valence-corrected chi connectivity index (χ2v) is 5.78. The highest BCUT2D eigenvalue weighted by atomic mass is 16.5. The summed E-state index contributed by atoms with van der Waals surface area (Å²) in [5, 5.41) is 6.27. The average molecular weight is 342 g/mol. The molecule has 25 heavy (non-hydrogen) atoms. The molecule has 6 heteroatoms. The molecule has 6 nitrogen and oxygen atoms in total. The van der Waals surface area contributed by atoms with Gasteiger partial charge in [0, 0.05) is 17.8 Å². The Bertz CT molecular complexity index is 764. The van der Waals surface area contributed by atoms with E-state index in [4.69, 9.17) is 14.2 Å². The molecule has 0 bridgehead atoms. The molecule has 2 N–H and O–H groups in total. The Morgan fingerprint density at radius 3 is 2.36 bits per heavy atom. The molecule has 0 aromatic heterocycles. The van der Waals surface area contributed by atoms with Crippen molar-refractivity contribution in [1.82, 2.24) is 5.32 Å². The van der Waals surface area contributed by atoms with Gasteiger partial charge in [0.05, 0.1) is 21.3 Å². The second kappa shape index (κ2) is 7.44. The molecule has 0 aliphatic carbocycles. The van der Waals surface area contributed by atoms with E-state index in [9.17, 15) is 4.79 Å². The summed E-state index contributed by atoms with van der Waals surface area (Å²) in [5.41, 5.74) is 3.74. The molecule has 0 radical (unpaired) electrons. The lowest BCUT2D eigenvalue weighted by atomic mass is 10.0. The third-order valence-corrected chi connectivity index (χ3v) is 4.28. The number of ether oxygens (including phenoxy) is 3. The minimum Gasteiger partial charge on any atom is -0.493 e. The Hall–Kier alpha value is -2.73. The van der Waals surface area contributed by atoms with Gasteiger partial charge < -0.3 is 24.8 Å². The second-order valence-electron chi connectivity index (χ2n) is 5.78. The summed E-state index contributed by atoms with van der Waals surface area (Å²) in [6.07, 6.45) is 1.01. The Kier molecular flexibility index (Phi) is 5.09. The topological polar surface area (TPSA) is 68.8 Å². The number of hydrogen-bond acceptors (Lipinski definition) is 5. The van der Waals surface area contributed by atoms with Crippen LogP contribution in [0.3, 0.4) is 0 Å². The molecule has 2 aromatic carbocycles. The number of hydrogen-bond donors (Lipinski definition) is 2. The van der Waals surface area contributed by atoms with Crippen LogP contribution in [0.15, 0.2) is 30.3 Å². The number of benzene rings is 2. The summed E-state index contributed by atoms with van der Waals surface area (Å²) in [7, 11) is 4.58. The van der Waals surface area contributed by atoms with Gasteiger partial charge in [0.15, 0.2) is 11.5 Å². The van der Waals surface area contributed by atoms with Gasteiger partial charge in [0.2, 0.25) is 5.75 Å². The van der Waals surface area contributed by atoms with Crippen molar-refractivity contribution in [3.63, 3.8) is 0 Å². The van der Waals surface area contributed by atoms with E-state index in [-0.39, 0.29) is 5.91 Å². The zero-order valence-electron chi connectivity index (χ0n) is 14.6. The molecule has 1 heterocycles. The SMILES string of the molecule is COc1cc(C(=O)Nc2ccc3c(c2)CNCC3)cc(OC)c1OC. The summed E-state index contributed by atoms with van der Waals surface area (Å²) in [4.78, 5) is 12.6. The first-order chi connectivity index (χ1) is 12.2. The van der Waals surface area contributed by atoms with Crippen LogP contribution in [0.1, 0.15) is 21.5 Å². The maximum absolute atomic E-state index is 12.6. The van der Waals surface area contributed by atoms with Gasteiger partial charge in [-0.1, -0.05) is 6.07 Å². The van der Waals surface area contributed by atoms with E-state index in [1.165, 1.54) is 32.5 Å². The summed E-state index contributed by atoms with van der Waals surface area (Å²) in [6, 6.07) is 9.28. The van der Waals surface area contributed by atoms with E-state index in [2.05, 4.69) is 16.7 Å². The Labute approximate surface area is 147 Å². The number of carbonyl (C=O) groups excluding carboxylic acids is 1. The molecular formula is C19H22N2O4. The van der Waals surface area contributed by atoms with Crippen molar-refractivity contribution >= 4 is 11.6 Å². The Balaban J connectivity index is 1.86. The monoisotopic (exact) mass is 342 g/mol. The van der Waals surface area contributed by atoms with Gasteiger partial charge in [-0.15, -0.1) is 0 Å². The van der Waals surface area contributed by atoms with Crippen molar-refractivity contribution in [3.8, 4) is 17.2 Å². The van der Waals surface area contributed by atoms with Crippen LogP contribution in [0.5, 0.6) is 17.2 Å². The first kappa shape index (κ1) is 17.1. The van der Waals surface area contributed by atoms with Crippen LogP contribution in [0.25, 0.3) is 0 Å². The van der Waals surface area contributed by atoms with Crippen LogP contribution in [-0.4, -0.2) is 33.8 Å². The minimum atomic E-state index is -0.233. The molecule has 0 saturated carbocycles.